The lowest BCUT2D eigenvalue weighted by atomic mass is 10.0. The summed E-state index contributed by atoms with van der Waals surface area (Å²) in [4.78, 5) is 23.2. The molecular formula is C15H19NO3S2. The van der Waals surface area contributed by atoms with Crippen LogP contribution in [0.1, 0.15) is 34.4 Å². The first-order valence-electron chi connectivity index (χ1n) is 6.86. The molecule has 114 valence electrons. The first-order chi connectivity index (χ1) is 9.99. The van der Waals surface area contributed by atoms with E-state index in [0.717, 1.165) is 11.5 Å². The van der Waals surface area contributed by atoms with Gasteiger partial charge < -0.3 is 10.4 Å². The quantitative estimate of drug-likeness (QED) is 0.871. The standard InChI is InChI=1S/C15H19NO3S2/c1-9(2)12(14(18)19)16-13(17)10-3-5-11(6-4-10)15-20-7-8-21-15/h3-6,9,12,15H,7-8H2,1-2H3,(H,16,17)(H,18,19)/t12-/m1/s1. The number of carboxylic acids is 1. The van der Waals surface area contributed by atoms with Crippen molar-refractivity contribution in [1.82, 2.24) is 5.32 Å². The minimum atomic E-state index is -1.01. The number of hydrogen-bond acceptors (Lipinski definition) is 4. The van der Waals surface area contributed by atoms with Crippen molar-refractivity contribution in [2.75, 3.05) is 11.5 Å². The number of thioether (sulfide) groups is 2. The number of aliphatic carboxylic acids is 1. The number of nitrogens with one attached hydrogen (secondary N) is 1. The van der Waals surface area contributed by atoms with E-state index in [1.165, 1.54) is 5.56 Å². The van der Waals surface area contributed by atoms with E-state index < -0.39 is 12.0 Å². The van der Waals surface area contributed by atoms with E-state index in [9.17, 15) is 9.59 Å². The number of carbonyl (C=O) groups excluding carboxylic acids is 1. The number of carboxylic acid groups (broad SMARTS) is 1. The van der Waals surface area contributed by atoms with Crippen LogP contribution in [0.5, 0.6) is 0 Å². The maximum atomic E-state index is 12.1. The van der Waals surface area contributed by atoms with Crippen LogP contribution in [0.4, 0.5) is 0 Å². The van der Waals surface area contributed by atoms with Gasteiger partial charge in [0.15, 0.2) is 0 Å². The van der Waals surface area contributed by atoms with E-state index in [1.54, 1.807) is 26.0 Å². The van der Waals surface area contributed by atoms with Gasteiger partial charge in [0, 0.05) is 17.1 Å². The fraction of sp³-hybridized carbons (Fsp3) is 0.467. The number of benzene rings is 1. The van der Waals surface area contributed by atoms with Crippen LogP contribution in [0.15, 0.2) is 24.3 Å². The zero-order chi connectivity index (χ0) is 15.4. The van der Waals surface area contributed by atoms with E-state index in [1.807, 2.05) is 35.7 Å². The monoisotopic (exact) mass is 325 g/mol. The van der Waals surface area contributed by atoms with E-state index in [-0.39, 0.29) is 11.8 Å². The molecule has 1 saturated heterocycles. The third-order valence-corrected chi connectivity index (χ3v) is 6.39. The smallest absolute Gasteiger partial charge is 0.326 e. The summed E-state index contributed by atoms with van der Waals surface area (Å²) in [6.07, 6.45) is 0. The van der Waals surface area contributed by atoms with Gasteiger partial charge in [-0.05, 0) is 23.6 Å². The summed E-state index contributed by atoms with van der Waals surface area (Å²) in [6, 6.07) is 6.58. The molecule has 6 heteroatoms. The van der Waals surface area contributed by atoms with Crippen LogP contribution in [0, 0.1) is 5.92 Å². The molecule has 0 radical (unpaired) electrons. The Balaban J connectivity index is 2.03. The predicted molar refractivity (Wildman–Crippen MR) is 87.8 cm³/mol. The van der Waals surface area contributed by atoms with Crippen LogP contribution in [0.25, 0.3) is 0 Å². The highest BCUT2D eigenvalue weighted by molar-refractivity contribution is 8.19. The SMILES string of the molecule is CC(C)[C@@H](NC(=O)c1ccc(C2SCCS2)cc1)C(=O)O. The average molecular weight is 325 g/mol. The molecule has 21 heavy (non-hydrogen) atoms. The Bertz CT molecular complexity index is 510. The minimum Gasteiger partial charge on any atom is -0.480 e. The summed E-state index contributed by atoms with van der Waals surface area (Å²) in [5.41, 5.74) is 1.70. The van der Waals surface area contributed by atoms with E-state index >= 15 is 0 Å². The third kappa shape index (κ3) is 4.17. The molecule has 1 aliphatic rings. The minimum absolute atomic E-state index is 0.156. The van der Waals surface area contributed by atoms with Gasteiger partial charge >= 0.3 is 5.97 Å². The Morgan fingerprint density at radius 3 is 2.24 bits per heavy atom. The highest BCUT2D eigenvalue weighted by Crippen LogP contribution is 2.45. The fourth-order valence-corrected chi connectivity index (χ4v) is 4.94. The maximum absolute atomic E-state index is 12.1. The second-order valence-corrected chi connectivity index (χ2v) is 7.95. The van der Waals surface area contributed by atoms with Gasteiger partial charge in [-0.2, -0.15) is 0 Å². The number of amides is 1. The molecule has 1 aromatic rings. The third-order valence-electron chi connectivity index (χ3n) is 3.29. The normalized spacial score (nSPS) is 16.9. The summed E-state index contributed by atoms with van der Waals surface area (Å²) in [7, 11) is 0. The van der Waals surface area contributed by atoms with Crippen molar-refractivity contribution >= 4 is 35.4 Å². The summed E-state index contributed by atoms with van der Waals surface area (Å²) >= 11 is 3.83. The molecule has 0 bridgehead atoms. The van der Waals surface area contributed by atoms with E-state index in [0.29, 0.717) is 10.1 Å². The van der Waals surface area contributed by atoms with Crippen LogP contribution >= 0.6 is 23.5 Å². The molecule has 1 aromatic carbocycles. The van der Waals surface area contributed by atoms with Crippen LogP contribution < -0.4 is 5.32 Å². The average Bonchev–Trinajstić information content (AvgIpc) is 2.98. The highest BCUT2D eigenvalue weighted by Gasteiger charge is 2.24. The molecule has 0 aliphatic carbocycles. The van der Waals surface area contributed by atoms with Crippen molar-refractivity contribution in [1.29, 1.82) is 0 Å². The van der Waals surface area contributed by atoms with Crippen LogP contribution in [0.3, 0.4) is 0 Å². The van der Waals surface area contributed by atoms with Crippen molar-refractivity contribution < 1.29 is 14.7 Å². The van der Waals surface area contributed by atoms with E-state index in [2.05, 4.69) is 5.32 Å². The predicted octanol–water partition coefficient (Wildman–Crippen LogP) is 3.00. The summed E-state index contributed by atoms with van der Waals surface area (Å²) in [5.74, 6) is 0.818. The second kappa shape index (κ2) is 7.22. The first kappa shape index (κ1) is 16.2. The van der Waals surface area contributed by atoms with Crippen molar-refractivity contribution in [3.8, 4) is 0 Å². The summed E-state index contributed by atoms with van der Waals surface area (Å²) in [5, 5.41) is 11.7. The van der Waals surface area contributed by atoms with Crippen molar-refractivity contribution in [3.63, 3.8) is 0 Å². The Morgan fingerprint density at radius 2 is 1.76 bits per heavy atom. The topological polar surface area (TPSA) is 66.4 Å². The van der Waals surface area contributed by atoms with Crippen LogP contribution in [-0.2, 0) is 4.79 Å². The van der Waals surface area contributed by atoms with E-state index in [4.69, 9.17) is 5.11 Å². The van der Waals surface area contributed by atoms with Gasteiger partial charge in [0.2, 0.25) is 0 Å². The molecule has 1 atom stereocenters. The molecule has 1 fully saturated rings. The Morgan fingerprint density at radius 1 is 1.19 bits per heavy atom. The molecule has 1 aliphatic heterocycles. The van der Waals surface area contributed by atoms with Crippen LogP contribution in [-0.4, -0.2) is 34.5 Å². The number of carbonyl (C=O) groups is 2. The van der Waals surface area contributed by atoms with Gasteiger partial charge in [-0.3, -0.25) is 4.79 Å². The number of hydrogen-bond donors (Lipinski definition) is 2. The van der Waals surface area contributed by atoms with Crippen molar-refractivity contribution in [2.24, 2.45) is 5.92 Å². The fourth-order valence-electron chi connectivity index (χ4n) is 2.08. The molecule has 2 rings (SSSR count). The molecule has 4 nitrogen and oxygen atoms in total. The molecule has 2 N–H and O–H groups in total. The zero-order valence-corrected chi connectivity index (χ0v) is 13.7. The Hall–Kier alpha value is -1.14. The maximum Gasteiger partial charge on any atom is 0.326 e. The molecular weight excluding hydrogens is 306 g/mol. The lowest BCUT2D eigenvalue weighted by Crippen LogP contribution is -2.44. The highest BCUT2D eigenvalue weighted by atomic mass is 32.2. The number of rotatable bonds is 5. The van der Waals surface area contributed by atoms with Crippen molar-refractivity contribution in [2.45, 2.75) is 24.5 Å². The van der Waals surface area contributed by atoms with Crippen LogP contribution in [0.2, 0.25) is 0 Å². The van der Waals surface area contributed by atoms with Gasteiger partial charge in [-0.25, -0.2) is 4.79 Å². The Labute approximate surface area is 133 Å². The molecule has 1 amide bonds. The van der Waals surface area contributed by atoms with Gasteiger partial charge in [0.05, 0.1) is 4.58 Å². The van der Waals surface area contributed by atoms with Gasteiger partial charge in [0.1, 0.15) is 6.04 Å². The summed E-state index contributed by atoms with van der Waals surface area (Å²) in [6.45, 7) is 3.55. The molecule has 0 saturated carbocycles. The Kier molecular flexibility index (Phi) is 5.58. The molecule has 1 heterocycles. The van der Waals surface area contributed by atoms with Crippen molar-refractivity contribution in [3.05, 3.63) is 35.4 Å². The van der Waals surface area contributed by atoms with Gasteiger partial charge in [-0.1, -0.05) is 26.0 Å². The van der Waals surface area contributed by atoms with Gasteiger partial charge in [-0.15, -0.1) is 23.5 Å². The molecule has 0 spiro atoms. The molecule has 0 aromatic heterocycles. The zero-order valence-electron chi connectivity index (χ0n) is 12.0. The lowest BCUT2D eigenvalue weighted by Gasteiger charge is -2.18. The largest absolute Gasteiger partial charge is 0.480 e. The summed E-state index contributed by atoms with van der Waals surface area (Å²) < 4.78 is 0.449. The van der Waals surface area contributed by atoms with Gasteiger partial charge in [0.25, 0.3) is 5.91 Å². The first-order valence-corrected chi connectivity index (χ1v) is 8.95. The lowest BCUT2D eigenvalue weighted by molar-refractivity contribution is -0.140. The second-order valence-electron chi connectivity index (χ2n) is 5.23. The molecule has 0 unspecified atom stereocenters.